The lowest BCUT2D eigenvalue weighted by molar-refractivity contribution is 0.0666. The second kappa shape index (κ2) is 3.40. The first-order valence-corrected chi connectivity index (χ1v) is 5.43. The molecule has 0 spiro atoms. The average Bonchev–Trinajstić information content (AvgIpc) is 1.82. The molecule has 1 aliphatic rings. The van der Waals surface area contributed by atoms with E-state index < -0.39 is 0 Å². The van der Waals surface area contributed by atoms with Gasteiger partial charge >= 0.3 is 0 Å². The number of hydrogen-bond donors (Lipinski definition) is 0. The van der Waals surface area contributed by atoms with Crippen LogP contribution < -0.4 is 0 Å². The van der Waals surface area contributed by atoms with E-state index >= 15 is 0 Å². The predicted octanol–water partition coefficient (Wildman–Crippen LogP) is 4.10. The largest absolute Gasteiger partial charge is 0.0625 e. The summed E-state index contributed by atoms with van der Waals surface area (Å²) in [6.45, 7) is 12.1. The molecule has 0 heteroatoms. The van der Waals surface area contributed by atoms with Gasteiger partial charge in [0.1, 0.15) is 0 Å². The summed E-state index contributed by atoms with van der Waals surface area (Å²) in [4.78, 5) is 0. The molecule has 0 saturated heterocycles. The Kier molecular flexibility index (Phi) is 2.85. The maximum absolute atomic E-state index is 2.45. The Morgan fingerprint density at radius 2 is 1.75 bits per heavy atom. The first-order chi connectivity index (χ1) is 5.43. The minimum Gasteiger partial charge on any atom is -0.0625 e. The van der Waals surface area contributed by atoms with Crippen LogP contribution in [0, 0.1) is 23.2 Å². The van der Waals surface area contributed by atoms with Crippen molar-refractivity contribution in [3.8, 4) is 0 Å². The van der Waals surface area contributed by atoms with Crippen molar-refractivity contribution in [1.82, 2.24) is 0 Å². The molecule has 1 aliphatic carbocycles. The van der Waals surface area contributed by atoms with Gasteiger partial charge in [0.05, 0.1) is 0 Å². The van der Waals surface area contributed by atoms with Gasteiger partial charge < -0.3 is 0 Å². The second-order valence-electron chi connectivity index (χ2n) is 5.73. The molecule has 0 aromatic heterocycles. The lowest BCUT2D eigenvalue weighted by Gasteiger charge is -2.43. The SMILES string of the molecule is CC(C)C1CC[C@@H](C)CC1(C)C. The Balaban J connectivity index is 2.64. The molecule has 2 atom stereocenters. The van der Waals surface area contributed by atoms with E-state index in [1.807, 2.05) is 0 Å². The van der Waals surface area contributed by atoms with E-state index in [2.05, 4.69) is 34.6 Å². The van der Waals surface area contributed by atoms with E-state index in [4.69, 9.17) is 0 Å². The lowest BCUT2D eigenvalue weighted by Crippen LogP contribution is -2.34. The smallest absolute Gasteiger partial charge is 0.0321 e. The molecule has 12 heavy (non-hydrogen) atoms. The van der Waals surface area contributed by atoms with E-state index in [0.29, 0.717) is 5.41 Å². The zero-order valence-corrected chi connectivity index (χ0v) is 9.35. The van der Waals surface area contributed by atoms with Gasteiger partial charge in [-0.1, -0.05) is 41.0 Å². The van der Waals surface area contributed by atoms with Gasteiger partial charge in [-0.05, 0) is 36.0 Å². The van der Waals surface area contributed by atoms with Crippen molar-refractivity contribution in [2.45, 2.75) is 53.9 Å². The fourth-order valence-electron chi connectivity index (χ4n) is 3.24. The predicted molar refractivity (Wildman–Crippen MR) is 55.1 cm³/mol. The minimum absolute atomic E-state index is 0.589. The van der Waals surface area contributed by atoms with Crippen molar-refractivity contribution < 1.29 is 0 Å². The highest BCUT2D eigenvalue weighted by atomic mass is 14.4. The van der Waals surface area contributed by atoms with Gasteiger partial charge in [0, 0.05) is 0 Å². The fourth-order valence-corrected chi connectivity index (χ4v) is 3.24. The van der Waals surface area contributed by atoms with E-state index in [-0.39, 0.29) is 0 Å². The molecule has 1 unspecified atom stereocenters. The van der Waals surface area contributed by atoms with Gasteiger partial charge in [-0.25, -0.2) is 0 Å². The van der Waals surface area contributed by atoms with Gasteiger partial charge in [0.2, 0.25) is 0 Å². The van der Waals surface area contributed by atoms with Crippen molar-refractivity contribution in [3.05, 3.63) is 0 Å². The molecular formula is C12H24. The van der Waals surface area contributed by atoms with Crippen LogP contribution in [-0.4, -0.2) is 0 Å². The van der Waals surface area contributed by atoms with Gasteiger partial charge in [0.25, 0.3) is 0 Å². The van der Waals surface area contributed by atoms with Gasteiger partial charge in [-0.2, -0.15) is 0 Å². The van der Waals surface area contributed by atoms with Gasteiger partial charge in [-0.3, -0.25) is 0 Å². The zero-order valence-electron chi connectivity index (χ0n) is 9.35. The normalized spacial score (nSPS) is 35.5. The number of hydrogen-bond acceptors (Lipinski definition) is 0. The monoisotopic (exact) mass is 168 g/mol. The summed E-state index contributed by atoms with van der Waals surface area (Å²) in [5.74, 6) is 2.77. The molecule has 0 N–H and O–H groups in total. The molecule has 0 bridgehead atoms. The summed E-state index contributed by atoms with van der Waals surface area (Å²) < 4.78 is 0. The standard InChI is InChI=1S/C12H24/c1-9(2)11-7-6-10(3)8-12(11,4)5/h9-11H,6-8H2,1-5H3/t10-,11?/m1/s1. The highest BCUT2D eigenvalue weighted by Gasteiger charge is 2.36. The summed E-state index contributed by atoms with van der Waals surface area (Å²) in [7, 11) is 0. The first kappa shape index (κ1) is 10.1. The van der Waals surface area contributed by atoms with E-state index in [9.17, 15) is 0 Å². The van der Waals surface area contributed by atoms with E-state index in [1.54, 1.807) is 0 Å². The van der Waals surface area contributed by atoms with Crippen LogP contribution in [0.25, 0.3) is 0 Å². The molecule has 72 valence electrons. The quantitative estimate of drug-likeness (QED) is 0.553. The molecule has 0 radical (unpaired) electrons. The fraction of sp³-hybridized carbons (Fsp3) is 1.00. The highest BCUT2D eigenvalue weighted by molar-refractivity contribution is 4.86. The summed E-state index contributed by atoms with van der Waals surface area (Å²) in [6.07, 6.45) is 4.33. The Morgan fingerprint density at radius 1 is 1.17 bits per heavy atom. The highest BCUT2D eigenvalue weighted by Crippen LogP contribution is 2.46. The number of rotatable bonds is 1. The van der Waals surface area contributed by atoms with Crippen LogP contribution in [0.1, 0.15) is 53.9 Å². The maximum Gasteiger partial charge on any atom is -0.0321 e. The van der Waals surface area contributed by atoms with Crippen LogP contribution in [0.15, 0.2) is 0 Å². The summed E-state index contributed by atoms with van der Waals surface area (Å²) in [5, 5.41) is 0. The third kappa shape index (κ3) is 2.02. The molecule has 1 rings (SSSR count). The molecule has 0 heterocycles. The third-order valence-corrected chi connectivity index (χ3v) is 3.65. The van der Waals surface area contributed by atoms with Crippen molar-refractivity contribution in [2.75, 3.05) is 0 Å². The molecular weight excluding hydrogens is 144 g/mol. The van der Waals surface area contributed by atoms with Crippen LogP contribution in [0.2, 0.25) is 0 Å². The van der Waals surface area contributed by atoms with Crippen LogP contribution in [0.5, 0.6) is 0 Å². The molecule has 0 aromatic rings. The third-order valence-electron chi connectivity index (χ3n) is 3.65. The summed E-state index contributed by atoms with van der Waals surface area (Å²) in [5.41, 5.74) is 0.589. The Morgan fingerprint density at radius 3 is 2.17 bits per heavy atom. The molecule has 0 aliphatic heterocycles. The van der Waals surface area contributed by atoms with E-state index in [0.717, 1.165) is 17.8 Å². The van der Waals surface area contributed by atoms with Crippen molar-refractivity contribution in [1.29, 1.82) is 0 Å². The van der Waals surface area contributed by atoms with E-state index in [1.165, 1.54) is 19.3 Å². The Bertz CT molecular complexity index is 144. The first-order valence-electron chi connectivity index (χ1n) is 5.43. The van der Waals surface area contributed by atoms with Crippen LogP contribution >= 0.6 is 0 Å². The zero-order chi connectivity index (χ0) is 9.35. The van der Waals surface area contributed by atoms with Gasteiger partial charge in [0.15, 0.2) is 0 Å². The molecule has 1 fully saturated rings. The molecule has 0 aromatic carbocycles. The summed E-state index contributed by atoms with van der Waals surface area (Å²) >= 11 is 0. The topological polar surface area (TPSA) is 0 Å². The van der Waals surface area contributed by atoms with Crippen molar-refractivity contribution in [3.63, 3.8) is 0 Å². The average molecular weight is 168 g/mol. The molecule has 1 saturated carbocycles. The lowest BCUT2D eigenvalue weighted by atomic mass is 9.62. The van der Waals surface area contributed by atoms with Gasteiger partial charge in [-0.15, -0.1) is 0 Å². The van der Waals surface area contributed by atoms with Crippen LogP contribution in [-0.2, 0) is 0 Å². The van der Waals surface area contributed by atoms with Crippen molar-refractivity contribution in [2.24, 2.45) is 23.2 Å². The molecule has 0 amide bonds. The summed E-state index contributed by atoms with van der Waals surface area (Å²) in [6, 6.07) is 0. The van der Waals surface area contributed by atoms with Crippen LogP contribution in [0.3, 0.4) is 0 Å². The Labute approximate surface area is 77.7 Å². The van der Waals surface area contributed by atoms with Crippen LogP contribution in [0.4, 0.5) is 0 Å². The second-order valence-corrected chi connectivity index (χ2v) is 5.73. The minimum atomic E-state index is 0.589. The van der Waals surface area contributed by atoms with Crippen molar-refractivity contribution >= 4 is 0 Å². The molecule has 0 nitrogen and oxygen atoms in total. The maximum atomic E-state index is 2.45. The Hall–Kier alpha value is 0.